The third-order valence-corrected chi connectivity index (χ3v) is 5.39. The molecule has 0 atom stereocenters. The molecule has 252 valence electrons. The monoisotopic (exact) mass is 617 g/mol. The van der Waals surface area contributed by atoms with Crippen LogP contribution in [0.5, 0.6) is 0 Å². The van der Waals surface area contributed by atoms with Crippen molar-refractivity contribution in [3.05, 3.63) is 0 Å². The minimum Gasteiger partial charge on any atom is -0.460 e. The molecule has 0 saturated carbocycles. The lowest BCUT2D eigenvalue weighted by atomic mass is 9.79. The number of esters is 1. The standard InChI is InChI=1S/C31H59N3O9/c1-27(2,3)40-23(35)15-20-39-22-31(21-34-26(38)43-30(10,11)12,16-13-18-32-24(36)41-28(4,5)6)17-14-19-33-25(37)42-29(7,8)9/h13-22H2,1-12H3,(H,32,36)(H,33,37)(H,34,38). The Bertz CT molecular complexity index is 791. The lowest BCUT2D eigenvalue weighted by Crippen LogP contribution is -2.44. The first kappa shape index (κ1) is 40.2. The number of ether oxygens (including phenoxy) is 5. The molecule has 0 aromatic carbocycles. The van der Waals surface area contributed by atoms with Crippen LogP contribution < -0.4 is 16.0 Å². The van der Waals surface area contributed by atoms with Crippen LogP contribution >= 0.6 is 0 Å². The molecule has 0 bridgehead atoms. The van der Waals surface area contributed by atoms with E-state index in [0.29, 0.717) is 38.8 Å². The van der Waals surface area contributed by atoms with Gasteiger partial charge in [0.15, 0.2) is 0 Å². The van der Waals surface area contributed by atoms with Crippen LogP contribution in [0.25, 0.3) is 0 Å². The molecule has 0 radical (unpaired) electrons. The van der Waals surface area contributed by atoms with Gasteiger partial charge in [-0.25, -0.2) is 14.4 Å². The van der Waals surface area contributed by atoms with Crippen LogP contribution in [0.3, 0.4) is 0 Å². The molecule has 0 aromatic rings. The fraction of sp³-hybridized carbons (Fsp3) is 0.871. The highest BCUT2D eigenvalue weighted by Crippen LogP contribution is 2.30. The Morgan fingerprint density at radius 2 is 0.907 bits per heavy atom. The molecule has 3 amide bonds. The first-order valence-corrected chi connectivity index (χ1v) is 15.1. The van der Waals surface area contributed by atoms with Gasteiger partial charge in [0.1, 0.15) is 22.4 Å². The molecule has 0 saturated heterocycles. The van der Waals surface area contributed by atoms with E-state index in [4.69, 9.17) is 23.7 Å². The van der Waals surface area contributed by atoms with Crippen molar-refractivity contribution >= 4 is 24.2 Å². The number of amides is 3. The van der Waals surface area contributed by atoms with Crippen LogP contribution in [0, 0.1) is 5.41 Å². The molecular weight excluding hydrogens is 558 g/mol. The third kappa shape index (κ3) is 24.4. The summed E-state index contributed by atoms with van der Waals surface area (Å²) >= 11 is 0. The van der Waals surface area contributed by atoms with Gasteiger partial charge in [0.2, 0.25) is 0 Å². The zero-order valence-corrected chi connectivity index (χ0v) is 28.7. The molecule has 0 aromatic heterocycles. The van der Waals surface area contributed by atoms with Gasteiger partial charge < -0.3 is 39.6 Å². The van der Waals surface area contributed by atoms with E-state index in [1.807, 2.05) is 0 Å². The minimum absolute atomic E-state index is 0.0766. The Labute approximate surface area is 259 Å². The molecule has 0 aliphatic heterocycles. The highest BCUT2D eigenvalue weighted by atomic mass is 16.6. The van der Waals surface area contributed by atoms with Gasteiger partial charge in [0.25, 0.3) is 0 Å². The molecule has 0 spiro atoms. The van der Waals surface area contributed by atoms with E-state index < -0.39 is 46.1 Å². The Morgan fingerprint density at radius 1 is 0.535 bits per heavy atom. The van der Waals surface area contributed by atoms with E-state index in [-0.39, 0.29) is 32.1 Å². The van der Waals surface area contributed by atoms with Crippen LogP contribution in [-0.2, 0) is 28.5 Å². The number of hydrogen-bond donors (Lipinski definition) is 3. The Morgan fingerprint density at radius 3 is 1.28 bits per heavy atom. The summed E-state index contributed by atoms with van der Waals surface area (Å²) in [7, 11) is 0. The van der Waals surface area contributed by atoms with Crippen LogP contribution in [0.15, 0.2) is 0 Å². The SMILES string of the molecule is CC(C)(C)OC(=O)CCOCC(CCCNC(=O)OC(C)(C)C)(CCCNC(=O)OC(C)(C)C)CNC(=O)OC(C)(C)C. The number of carbonyl (C=O) groups is 4. The molecule has 0 unspecified atom stereocenters. The lowest BCUT2D eigenvalue weighted by molar-refractivity contribution is -0.156. The summed E-state index contributed by atoms with van der Waals surface area (Å²) < 4.78 is 27.5. The number of rotatable bonds is 15. The zero-order valence-electron chi connectivity index (χ0n) is 28.7. The minimum atomic E-state index is -0.675. The number of nitrogens with one attached hydrogen (secondary N) is 3. The Hall–Kier alpha value is -2.76. The van der Waals surface area contributed by atoms with E-state index in [2.05, 4.69) is 16.0 Å². The fourth-order valence-electron chi connectivity index (χ4n) is 3.84. The lowest BCUT2D eigenvalue weighted by Gasteiger charge is -2.35. The van der Waals surface area contributed by atoms with E-state index in [0.717, 1.165) is 0 Å². The van der Waals surface area contributed by atoms with Crippen LogP contribution in [0.1, 0.15) is 115 Å². The number of carbonyl (C=O) groups excluding carboxylic acids is 4. The molecule has 43 heavy (non-hydrogen) atoms. The molecule has 12 nitrogen and oxygen atoms in total. The number of hydrogen-bond acceptors (Lipinski definition) is 9. The van der Waals surface area contributed by atoms with Crippen molar-refractivity contribution in [2.24, 2.45) is 5.41 Å². The van der Waals surface area contributed by atoms with Gasteiger partial charge in [-0.1, -0.05) is 0 Å². The van der Waals surface area contributed by atoms with Gasteiger partial charge in [-0.2, -0.15) is 0 Å². The van der Waals surface area contributed by atoms with Crippen molar-refractivity contribution in [1.29, 1.82) is 0 Å². The molecule has 0 heterocycles. The van der Waals surface area contributed by atoms with Crippen molar-refractivity contribution in [2.45, 2.75) is 138 Å². The summed E-state index contributed by atoms with van der Waals surface area (Å²) in [5, 5.41) is 8.40. The molecule has 0 aliphatic rings. The van der Waals surface area contributed by atoms with E-state index in [9.17, 15) is 19.2 Å². The second-order valence-electron chi connectivity index (χ2n) is 14.8. The molecule has 0 fully saturated rings. The van der Waals surface area contributed by atoms with Crippen molar-refractivity contribution in [1.82, 2.24) is 16.0 Å². The molecular formula is C31H59N3O9. The normalized spacial score (nSPS) is 12.7. The smallest absolute Gasteiger partial charge is 0.407 e. The average Bonchev–Trinajstić information content (AvgIpc) is 2.76. The molecule has 0 aliphatic carbocycles. The predicted molar refractivity (Wildman–Crippen MR) is 165 cm³/mol. The predicted octanol–water partition coefficient (Wildman–Crippen LogP) is 5.86. The quantitative estimate of drug-likeness (QED) is 0.117. The zero-order chi connectivity index (χ0) is 33.5. The van der Waals surface area contributed by atoms with Crippen LogP contribution in [-0.4, -0.2) is 79.5 Å². The summed E-state index contributed by atoms with van der Waals surface area (Å²) in [5.41, 5.74) is -3.11. The third-order valence-electron chi connectivity index (χ3n) is 5.39. The highest BCUT2D eigenvalue weighted by molar-refractivity contribution is 5.70. The average molecular weight is 618 g/mol. The highest BCUT2D eigenvalue weighted by Gasteiger charge is 2.32. The molecule has 3 N–H and O–H groups in total. The van der Waals surface area contributed by atoms with Gasteiger partial charge in [-0.15, -0.1) is 0 Å². The first-order chi connectivity index (χ1) is 19.4. The van der Waals surface area contributed by atoms with Gasteiger partial charge in [0, 0.05) is 25.0 Å². The Kier molecular flexibility index (Phi) is 16.4. The van der Waals surface area contributed by atoms with Gasteiger partial charge in [0.05, 0.1) is 19.6 Å². The summed E-state index contributed by atoms with van der Waals surface area (Å²) in [5.74, 6) is -0.367. The van der Waals surface area contributed by atoms with Crippen LogP contribution in [0.2, 0.25) is 0 Å². The largest absolute Gasteiger partial charge is 0.460 e. The molecule has 0 rings (SSSR count). The summed E-state index contributed by atoms with van der Waals surface area (Å²) in [4.78, 5) is 49.1. The van der Waals surface area contributed by atoms with Crippen LogP contribution in [0.4, 0.5) is 14.4 Å². The van der Waals surface area contributed by atoms with Crippen molar-refractivity contribution in [3.63, 3.8) is 0 Å². The van der Waals surface area contributed by atoms with Gasteiger partial charge in [-0.3, -0.25) is 4.79 Å². The maximum atomic E-state index is 12.6. The van der Waals surface area contributed by atoms with Gasteiger partial charge >= 0.3 is 24.2 Å². The van der Waals surface area contributed by atoms with E-state index in [1.54, 1.807) is 83.1 Å². The van der Waals surface area contributed by atoms with Crippen molar-refractivity contribution < 1.29 is 42.9 Å². The Balaban J connectivity index is 5.60. The topological polar surface area (TPSA) is 151 Å². The summed E-state index contributed by atoms with van der Waals surface area (Å²) in [6.45, 7) is 22.8. The maximum Gasteiger partial charge on any atom is 0.407 e. The summed E-state index contributed by atoms with van der Waals surface area (Å²) in [6.07, 6.45) is 0.709. The van der Waals surface area contributed by atoms with Crippen molar-refractivity contribution in [2.75, 3.05) is 32.8 Å². The number of alkyl carbamates (subject to hydrolysis) is 3. The van der Waals surface area contributed by atoms with E-state index in [1.165, 1.54) is 0 Å². The van der Waals surface area contributed by atoms with Gasteiger partial charge in [-0.05, 0) is 109 Å². The second kappa shape index (κ2) is 17.5. The molecule has 12 heteroatoms. The second-order valence-corrected chi connectivity index (χ2v) is 14.8. The fourth-order valence-corrected chi connectivity index (χ4v) is 3.84. The first-order valence-electron chi connectivity index (χ1n) is 15.1. The summed E-state index contributed by atoms with van der Waals surface area (Å²) in [6, 6.07) is 0. The maximum absolute atomic E-state index is 12.6. The van der Waals surface area contributed by atoms with E-state index >= 15 is 0 Å². The van der Waals surface area contributed by atoms with Crippen molar-refractivity contribution in [3.8, 4) is 0 Å².